The van der Waals surface area contributed by atoms with Gasteiger partial charge in [0.25, 0.3) is 0 Å². The van der Waals surface area contributed by atoms with Gasteiger partial charge in [-0.2, -0.15) is 9.97 Å². The van der Waals surface area contributed by atoms with Gasteiger partial charge >= 0.3 is 0 Å². The van der Waals surface area contributed by atoms with Crippen LogP contribution in [0.5, 0.6) is 0 Å². The van der Waals surface area contributed by atoms with E-state index in [2.05, 4.69) is 19.9 Å². The third-order valence-electron chi connectivity index (χ3n) is 3.44. The molecular formula is C15H13N5. The standard InChI is InChI=1S/C15H13N5/c16-15-19-13(10-5-6-10)18-14(20-15)12-8-7-9-3-1-2-4-11(9)17-12/h1-4,7-8,10H,5-6H2,(H2,16,18,19,20). The zero-order valence-electron chi connectivity index (χ0n) is 10.8. The van der Waals surface area contributed by atoms with E-state index in [1.165, 1.54) is 0 Å². The van der Waals surface area contributed by atoms with Crippen molar-refractivity contribution in [3.63, 3.8) is 0 Å². The first-order chi connectivity index (χ1) is 9.79. The molecule has 0 aliphatic heterocycles. The summed E-state index contributed by atoms with van der Waals surface area (Å²) in [6.07, 6.45) is 2.27. The highest BCUT2D eigenvalue weighted by atomic mass is 15.1. The van der Waals surface area contributed by atoms with Gasteiger partial charge in [-0.15, -0.1) is 0 Å². The molecule has 1 aliphatic carbocycles. The third kappa shape index (κ3) is 1.97. The second-order valence-electron chi connectivity index (χ2n) is 5.04. The van der Waals surface area contributed by atoms with Crippen molar-refractivity contribution in [2.24, 2.45) is 0 Å². The number of pyridine rings is 1. The van der Waals surface area contributed by atoms with Crippen LogP contribution in [0.3, 0.4) is 0 Å². The molecule has 20 heavy (non-hydrogen) atoms. The summed E-state index contributed by atoms with van der Waals surface area (Å²) < 4.78 is 0. The number of nitrogens with two attached hydrogens (primary N) is 1. The van der Waals surface area contributed by atoms with E-state index in [0.717, 1.165) is 35.3 Å². The molecule has 2 heterocycles. The predicted molar refractivity (Wildman–Crippen MR) is 77.0 cm³/mol. The largest absolute Gasteiger partial charge is 0.368 e. The molecular weight excluding hydrogens is 250 g/mol. The predicted octanol–water partition coefficient (Wildman–Crippen LogP) is 2.55. The molecule has 2 aromatic heterocycles. The molecule has 1 aliphatic rings. The quantitative estimate of drug-likeness (QED) is 0.768. The highest BCUT2D eigenvalue weighted by Crippen LogP contribution is 2.38. The number of para-hydroxylation sites is 1. The number of benzene rings is 1. The Labute approximate surface area is 115 Å². The molecule has 2 N–H and O–H groups in total. The number of fused-ring (bicyclic) bond motifs is 1. The van der Waals surface area contributed by atoms with Gasteiger partial charge in [0.1, 0.15) is 11.5 Å². The van der Waals surface area contributed by atoms with E-state index in [0.29, 0.717) is 11.7 Å². The molecule has 0 radical (unpaired) electrons. The number of anilines is 1. The Hall–Kier alpha value is -2.56. The fourth-order valence-corrected chi connectivity index (χ4v) is 2.24. The molecule has 0 spiro atoms. The summed E-state index contributed by atoms with van der Waals surface area (Å²) in [6.45, 7) is 0. The molecule has 0 atom stereocenters. The SMILES string of the molecule is Nc1nc(-c2ccc3ccccc3n2)nc(C2CC2)n1. The van der Waals surface area contributed by atoms with Crippen molar-refractivity contribution in [3.8, 4) is 11.5 Å². The first kappa shape index (κ1) is 11.3. The molecule has 5 nitrogen and oxygen atoms in total. The van der Waals surface area contributed by atoms with Crippen molar-refractivity contribution >= 4 is 16.9 Å². The Bertz CT molecular complexity index is 795. The van der Waals surface area contributed by atoms with Gasteiger partial charge in [0.05, 0.1) is 5.52 Å². The minimum absolute atomic E-state index is 0.270. The van der Waals surface area contributed by atoms with Gasteiger partial charge in [-0.25, -0.2) is 9.97 Å². The smallest absolute Gasteiger partial charge is 0.223 e. The highest BCUT2D eigenvalue weighted by molar-refractivity contribution is 5.80. The summed E-state index contributed by atoms with van der Waals surface area (Å²) in [5, 5.41) is 1.10. The number of aromatic nitrogens is 4. The van der Waals surface area contributed by atoms with E-state index in [4.69, 9.17) is 5.73 Å². The fraction of sp³-hybridized carbons (Fsp3) is 0.200. The maximum absolute atomic E-state index is 5.78. The van der Waals surface area contributed by atoms with E-state index in [-0.39, 0.29) is 5.95 Å². The van der Waals surface area contributed by atoms with Crippen molar-refractivity contribution < 1.29 is 0 Å². The van der Waals surface area contributed by atoms with Crippen LogP contribution in [0.15, 0.2) is 36.4 Å². The Balaban J connectivity index is 1.85. The van der Waals surface area contributed by atoms with Gasteiger partial charge in [-0.05, 0) is 25.0 Å². The Kier molecular flexibility index (Phi) is 2.39. The monoisotopic (exact) mass is 263 g/mol. The minimum Gasteiger partial charge on any atom is -0.368 e. The van der Waals surface area contributed by atoms with Gasteiger partial charge in [0, 0.05) is 11.3 Å². The zero-order chi connectivity index (χ0) is 13.5. The van der Waals surface area contributed by atoms with Crippen LogP contribution in [0, 0.1) is 0 Å². The van der Waals surface area contributed by atoms with Crippen LogP contribution in [-0.2, 0) is 0 Å². The van der Waals surface area contributed by atoms with Gasteiger partial charge in [0.15, 0.2) is 5.82 Å². The lowest BCUT2D eigenvalue weighted by atomic mass is 10.2. The van der Waals surface area contributed by atoms with E-state index >= 15 is 0 Å². The summed E-state index contributed by atoms with van der Waals surface area (Å²) in [5.74, 6) is 2.07. The molecule has 1 aromatic carbocycles. The molecule has 0 bridgehead atoms. The van der Waals surface area contributed by atoms with Crippen LogP contribution in [0.2, 0.25) is 0 Å². The van der Waals surface area contributed by atoms with Crippen molar-refractivity contribution in [1.82, 2.24) is 19.9 Å². The maximum Gasteiger partial charge on any atom is 0.223 e. The van der Waals surface area contributed by atoms with Gasteiger partial charge in [0.2, 0.25) is 5.95 Å². The number of hydrogen-bond donors (Lipinski definition) is 1. The van der Waals surface area contributed by atoms with E-state index in [1.807, 2.05) is 36.4 Å². The molecule has 1 fully saturated rings. The summed E-state index contributed by atoms with van der Waals surface area (Å²) >= 11 is 0. The van der Waals surface area contributed by atoms with Crippen LogP contribution in [-0.4, -0.2) is 19.9 Å². The number of hydrogen-bond acceptors (Lipinski definition) is 5. The van der Waals surface area contributed by atoms with Crippen molar-refractivity contribution in [1.29, 1.82) is 0 Å². The zero-order valence-corrected chi connectivity index (χ0v) is 10.8. The molecule has 0 saturated heterocycles. The second-order valence-corrected chi connectivity index (χ2v) is 5.04. The summed E-state index contributed by atoms with van der Waals surface area (Å²) in [6, 6.07) is 11.9. The number of nitrogen functional groups attached to an aromatic ring is 1. The van der Waals surface area contributed by atoms with Gasteiger partial charge in [-0.1, -0.05) is 24.3 Å². The van der Waals surface area contributed by atoms with Crippen molar-refractivity contribution in [2.75, 3.05) is 5.73 Å². The molecule has 0 amide bonds. The van der Waals surface area contributed by atoms with Crippen LogP contribution in [0.1, 0.15) is 24.6 Å². The molecule has 1 saturated carbocycles. The average Bonchev–Trinajstić information content (AvgIpc) is 3.31. The van der Waals surface area contributed by atoms with Gasteiger partial charge in [-0.3, -0.25) is 0 Å². The topological polar surface area (TPSA) is 77.6 Å². The highest BCUT2D eigenvalue weighted by Gasteiger charge is 2.27. The first-order valence-corrected chi connectivity index (χ1v) is 6.67. The van der Waals surface area contributed by atoms with E-state index in [1.54, 1.807) is 0 Å². The minimum atomic E-state index is 0.270. The first-order valence-electron chi connectivity index (χ1n) is 6.67. The fourth-order valence-electron chi connectivity index (χ4n) is 2.24. The molecule has 98 valence electrons. The van der Waals surface area contributed by atoms with Crippen molar-refractivity contribution in [2.45, 2.75) is 18.8 Å². The normalized spacial score (nSPS) is 14.6. The Morgan fingerprint density at radius 3 is 2.60 bits per heavy atom. The van der Waals surface area contributed by atoms with Crippen molar-refractivity contribution in [3.05, 3.63) is 42.2 Å². The summed E-state index contributed by atoms with van der Waals surface area (Å²) in [5.41, 5.74) is 7.45. The van der Waals surface area contributed by atoms with Crippen LogP contribution in [0.4, 0.5) is 5.95 Å². The summed E-state index contributed by atoms with van der Waals surface area (Å²) in [7, 11) is 0. The third-order valence-corrected chi connectivity index (χ3v) is 3.44. The summed E-state index contributed by atoms with van der Waals surface area (Å²) in [4.78, 5) is 17.5. The van der Waals surface area contributed by atoms with Crippen LogP contribution < -0.4 is 5.73 Å². The van der Waals surface area contributed by atoms with Gasteiger partial charge < -0.3 is 5.73 Å². The Morgan fingerprint density at radius 2 is 1.75 bits per heavy atom. The lowest BCUT2D eigenvalue weighted by Crippen LogP contribution is -2.04. The van der Waals surface area contributed by atoms with Crippen LogP contribution in [0.25, 0.3) is 22.4 Å². The molecule has 5 heteroatoms. The Morgan fingerprint density at radius 1 is 0.900 bits per heavy atom. The molecule has 4 rings (SSSR count). The average molecular weight is 263 g/mol. The lowest BCUT2D eigenvalue weighted by Gasteiger charge is -2.04. The molecule has 3 aromatic rings. The number of nitrogens with zero attached hydrogens (tertiary/aromatic N) is 4. The number of rotatable bonds is 2. The lowest BCUT2D eigenvalue weighted by molar-refractivity contribution is 0.899. The molecule has 0 unspecified atom stereocenters. The van der Waals surface area contributed by atoms with Crippen LogP contribution >= 0.6 is 0 Å². The van der Waals surface area contributed by atoms with E-state index in [9.17, 15) is 0 Å². The van der Waals surface area contributed by atoms with E-state index < -0.39 is 0 Å². The maximum atomic E-state index is 5.78. The second kappa shape index (κ2) is 4.23.